The largest absolute Gasteiger partial charge is 0.395 e. The van der Waals surface area contributed by atoms with Crippen molar-refractivity contribution in [3.8, 4) is 0 Å². The van der Waals surface area contributed by atoms with Gasteiger partial charge in [0.25, 0.3) is 0 Å². The predicted molar refractivity (Wildman–Crippen MR) is 48.2 cm³/mol. The fraction of sp³-hybridized carbons (Fsp3) is 1.00. The summed E-state index contributed by atoms with van der Waals surface area (Å²) in [5, 5.41) is 12.1. The van der Waals surface area contributed by atoms with Gasteiger partial charge in [-0.3, -0.25) is 4.90 Å². The normalized spacial score (nSPS) is 22.4. The summed E-state index contributed by atoms with van der Waals surface area (Å²) in [6.45, 7) is 6.60. The second kappa shape index (κ2) is 5.77. The number of rotatable bonds is 2. The van der Waals surface area contributed by atoms with Crippen molar-refractivity contribution in [1.29, 1.82) is 0 Å². The summed E-state index contributed by atoms with van der Waals surface area (Å²) in [4.78, 5) is 2.30. The van der Waals surface area contributed by atoms with Gasteiger partial charge in [0.15, 0.2) is 0 Å². The Kier molecular flexibility index (Phi) is 5.86. The maximum absolute atomic E-state index is 8.82. The van der Waals surface area contributed by atoms with Crippen LogP contribution in [-0.4, -0.2) is 48.8 Å². The second-order valence-corrected chi connectivity index (χ2v) is 2.82. The molecular weight excluding hydrogens is 164 g/mol. The summed E-state index contributed by atoms with van der Waals surface area (Å²) in [6.07, 6.45) is 0. The SMILES string of the molecule is CC(CO)N1CCNCC1.Cl. The van der Waals surface area contributed by atoms with Gasteiger partial charge in [-0.25, -0.2) is 0 Å². The Morgan fingerprint density at radius 3 is 2.45 bits per heavy atom. The van der Waals surface area contributed by atoms with Crippen molar-refractivity contribution in [2.24, 2.45) is 0 Å². The Hall–Kier alpha value is 0.170. The first-order valence-corrected chi connectivity index (χ1v) is 3.90. The van der Waals surface area contributed by atoms with Crippen molar-refractivity contribution in [2.45, 2.75) is 13.0 Å². The van der Waals surface area contributed by atoms with Gasteiger partial charge in [0.05, 0.1) is 6.61 Å². The maximum atomic E-state index is 8.82. The van der Waals surface area contributed by atoms with Crippen LogP contribution in [0.3, 0.4) is 0 Å². The van der Waals surface area contributed by atoms with E-state index in [1.165, 1.54) is 0 Å². The Labute approximate surface area is 74.2 Å². The highest BCUT2D eigenvalue weighted by Crippen LogP contribution is 1.98. The highest BCUT2D eigenvalue weighted by Gasteiger charge is 2.14. The quantitative estimate of drug-likeness (QED) is 0.613. The Bertz CT molecular complexity index is 96.4. The lowest BCUT2D eigenvalue weighted by atomic mass is 10.2. The third kappa shape index (κ3) is 3.38. The molecule has 0 saturated carbocycles. The van der Waals surface area contributed by atoms with Crippen LogP contribution in [0.25, 0.3) is 0 Å². The van der Waals surface area contributed by atoms with Crippen LogP contribution in [0.15, 0.2) is 0 Å². The van der Waals surface area contributed by atoms with Crippen molar-refractivity contribution in [3.05, 3.63) is 0 Å². The molecule has 2 N–H and O–H groups in total. The second-order valence-electron chi connectivity index (χ2n) is 2.82. The van der Waals surface area contributed by atoms with E-state index in [0.717, 1.165) is 26.2 Å². The molecule has 0 aromatic rings. The molecule has 3 nitrogen and oxygen atoms in total. The topological polar surface area (TPSA) is 35.5 Å². The minimum absolute atomic E-state index is 0. The van der Waals surface area contributed by atoms with E-state index < -0.39 is 0 Å². The number of aliphatic hydroxyl groups is 1. The number of halogens is 1. The van der Waals surface area contributed by atoms with E-state index in [1.807, 2.05) is 0 Å². The van der Waals surface area contributed by atoms with Gasteiger partial charge in [0.1, 0.15) is 0 Å². The van der Waals surface area contributed by atoms with E-state index in [1.54, 1.807) is 0 Å². The van der Waals surface area contributed by atoms with E-state index in [-0.39, 0.29) is 19.0 Å². The van der Waals surface area contributed by atoms with Crippen LogP contribution in [0.5, 0.6) is 0 Å². The van der Waals surface area contributed by atoms with Gasteiger partial charge in [-0.2, -0.15) is 0 Å². The zero-order valence-electron chi connectivity index (χ0n) is 6.92. The van der Waals surface area contributed by atoms with Gasteiger partial charge in [0, 0.05) is 32.2 Å². The summed E-state index contributed by atoms with van der Waals surface area (Å²) in [7, 11) is 0. The molecule has 1 heterocycles. The fourth-order valence-corrected chi connectivity index (χ4v) is 1.24. The molecular formula is C7H17ClN2O. The maximum Gasteiger partial charge on any atom is 0.0584 e. The molecule has 1 saturated heterocycles. The van der Waals surface area contributed by atoms with Gasteiger partial charge in [-0.1, -0.05) is 0 Å². The van der Waals surface area contributed by atoms with Crippen LogP contribution >= 0.6 is 12.4 Å². The third-order valence-corrected chi connectivity index (χ3v) is 2.04. The summed E-state index contributed by atoms with van der Waals surface area (Å²) < 4.78 is 0. The number of nitrogens with zero attached hydrogens (tertiary/aromatic N) is 1. The van der Waals surface area contributed by atoms with Gasteiger partial charge in [-0.15, -0.1) is 12.4 Å². The van der Waals surface area contributed by atoms with Crippen molar-refractivity contribution < 1.29 is 5.11 Å². The molecule has 0 aromatic carbocycles. The summed E-state index contributed by atoms with van der Waals surface area (Å²) in [5.74, 6) is 0. The molecule has 4 heteroatoms. The monoisotopic (exact) mass is 180 g/mol. The van der Waals surface area contributed by atoms with E-state index in [9.17, 15) is 0 Å². The van der Waals surface area contributed by atoms with Gasteiger partial charge in [-0.05, 0) is 6.92 Å². The highest BCUT2D eigenvalue weighted by molar-refractivity contribution is 5.85. The highest BCUT2D eigenvalue weighted by atomic mass is 35.5. The van der Waals surface area contributed by atoms with E-state index >= 15 is 0 Å². The number of piperazine rings is 1. The zero-order chi connectivity index (χ0) is 7.40. The molecule has 1 rings (SSSR count). The van der Waals surface area contributed by atoms with Crippen LogP contribution in [0.1, 0.15) is 6.92 Å². The molecule has 1 aliphatic heterocycles. The van der Waals surface area contributed by atoms with Crippen molar-refractivity contribution in [1.82, 2.24) is 10.2 Å². The molecule has 1 aliphatic rings. The standard InChI is InChI=1S/C7H16N2O.ClH/c1-7(6-10)9-4-2-8-3-5-9;/h7-8,10H,2-6H2,1H3;1H. The molecule has 68 valence electrons. The summed E-state index contributed by atoms with van der Waals surface area (Å²) in [5.41, 5.74) is 0. The van der Waals surface area contributed by atoms with Gasteiger partial charge in [0.2, 0.25) is 0 Å². The average Bonchev–Trinajstić information content (AvgIpc) is 2.05. The lowest BCUT2D eigenvalue weighted by Gasteiger charge is -2.31. The summed E-state index contributed by atoms with van der Waals surface area (Å²) in [6, 6.07) is 0.335. The Balaban J connectivity index is 0.000001000. The number of hydrogen-bond donors (Lipinski definition) is 2. The predicted octanol–water partition coefficient (Wildman–Crippen LogP) is -0.306. The van der Waals surface area contributed by atoms with Crippen molar-refractivity contribution >= 4 is 12.4 Å². The lowest BCUT2D eigenvalue weighted by Crippen LogP contribution is -2.48. The molecule has 0 amide bonds. The molecule has 11 heavy (non-hydrogen) atoms. The molecule has 1 unspecified atom stereocenters. The zero-order valence-corrected chi connectivity index (χ0v) is 7.73. The Morgan fingerprint density at radius 2 is 2.00 bits per heavy atom. The number of aliphatic hydroxyl groups excluding tert-OH is 1. The molecule has 0 aliphatic carbocycles. The molecule has 1 atom stereocenters. The lowest BCUT2D eigenvalue weighted by molar-refractivity contribution is 0.122. The van der Waals surface area contributed by atoms with Crippen LogP contribution in [0, 0.1) is 0 Å². The van der Waals surface area contributed by atoms with Crippen LogP contribution in [0.4, 0.5) is 0 Å². The summed E-state index contributed by atoms with van der Waals surface area (Å²) >= 11 is 0. The van der Waals surface area contributed by atoms with Gasteiger partial charge < -0.3 is 10.4 Å². The van der Waals surface area contributed by atoms with E-state index in [2.05, 4.69) is 17.1 Å². The van der Waals surface area contributed by atoms with Crippen molar-refractivity contribution in [2.75, 3.05) is 32.8 Å². The molecule has 0 spiro atoms. The van der Waals surface area contributed by atoms with Gasteiger partial charge >= 0.3 is 0 Å². The fourth-order valence-electron chi connectivity index (χ4n) is 1.24. The first kappa shape index (κ1) is 11.2. The molecule has 0 aromatic heterocycles. The smallest absolute Gasteiger partial charge is 0.0584 e. The molecule has 0 bridgehead atoms. The van der Waals surface area contributed by atoms with Crippen LogP contribution in [-0.2, 0) is 0 Å². The first-order valence-electron chi connectivity index (χ1n) is 3.90. The van der Waals surface area contributed by atoms with Crippen molar-refractivity contribution in [3.63, 3.8) is 0 Å². The third-order valence-electron chi connectivity index (χ3n) is 2.04. The minimum atomic E-state index is 0. The van der Waals surface area contributed by atoms with Crippen LogP contribution in [0.2, 0.25) is 0 Å². The molecule has 0 radical (unpaired) electrons. The number of nitrogens with one attached hydrogen (secondary N) is 1. The van der Waals surface area contributed by atoms with E-state index in [4.69, 9.17) is 5.11 Å². The minimum Gasteiger partial charge on any atom is -0.395 e. The average molecular weight is 181 g/mol. The Morgan fingerprint density at radius 1 is 1.45 bits per heavy atom. The molecule has 1 fully saturated rings. The number of hydrogen-bond acceptors (Lipinski definition) is 3. The van der Waals surface area contributed by atoms with Crippen LogP contribution < -0.4 is 5.32 Å². The first-order chi connectivity index (χ1) is 4.84. The van der Waals surface area contributed by atoms with E-state index in [0.29, 0.717) is 6.04 Å².